The van der Waals surface area contributed by atoms with Crippen molar-refractivity contribution in [2.45, 2.75) is 19.0 Å². The predicted molar refractivity (Wildman–Crippen MR) is 100 cm³/mol. The van der Waals surface area contributed by atoms with Gasteiger partial charge in [0.25, 0.3) is 11.6 Å². The van der Waals surface area contributed by atoms with Crippen molar-refractivity contribution < 1.29 is 24.0 Å². The van der Waals surface area contributed by atoms with Crippen LogP contribution in [0, 0.1) is 10.1 Å². The molecule has 3 rings (SSSR count). The molecule has 29 heavy (non-hydrogen) atoms. The Labute approximate surface area is 168 Å². The van der Waals surface area contributed by atoms with Gasteiger partial charge >= 0.3 is 11.3 Å². The number of carbonyl (C=O) groups is 1. The highest BCUT2D eigenvalue weighted by molar-refractivity contribution is 7.80. The van der Waals surface area contributed by atoms with Crippen LogP contribution in [0.1, 0.15) is 12.1 Å². The highest BCUT2D eigenvalue weighted by atomic mass is 32.1. The molecule has 1 N–H and O–H groups in total. The van der Waals surface area contributed by atoms with Gasteiger partial charge in [0.2, 0.25) is 0 Å². The van der Waals surface area contributed by atoms with Gasteiger partial charge in [0.1, 0.15) is 12.6 Å². The van der Waals surface area contributed by atoms with Crippen molar-refractivity contribution in [2.24, 2.45) is 12.0 Å². The molecule has 0 aliphatic carbocycles. The van der Waals surface area contributed by atoms with Crippen molar-refractivity contribution in [3.63, 3.8) is 0 Å². The van der Waals surface area contributed by atoms with Crippen molar-refractivity contribution in [1.29, 1.82) is 0 Å². The van der Waals surface area contributed by atoms with E-state index in [9.17, 15) is 24.8 Å². The Balaban J connectivity index is 1.82. The average Bonchev–Trinajstić information content (AvgIpc) is 3.09. The number of carbonyl (C=O) groups excluding carboxylic acids is 1. The predicted octanol–water partition coefficient (Wildman–Crippen LogP) is -0.891. The van der Waals surface area contributed by atoms with Crippen LogP contribution in [0.5, 0.6) is 0 Å². The Bertz CT molecular complexity index is 1060. The minimum atomic E-state index is -0.934. The number of aromatic amines is 1. The van der Waals surface area contributed by atoms with Crippen LogP contribution < -0.4 is 15.4 Å². The Morgan fingerprint density at radius 2 is 2.03 bits per heavy atom. The van der Waals surface area contributed by atoms with E-state index in [1.165, 1.54) is 45.8 Å². The fourth-order valence-corrected chi connectivity index (χ4v) is 3.13. The number of H-pyrrole nitrogens is 1. The third-order valence-electron chi connectivity index (χ3n) is 4.44. The highest BCUT2D eigenvalue weighted by Crippen LogP contribution is 2.22. The number of amides is 1. The number of rotatable bonds is 6. The van der Waals surface area contributed by atoms with Crippen molar-refractivity contribution in [1.82, 2.24) is 15.1 Å². The molecule has 12 nitrogen and oxygen atoms in total. The number of likely N-dealkylation sites (N-methyl/N-ethyl adjacent to an activating group) is 1. The van der Waals surface area contributed by atoms with Crippen LogP contribution >= 0.6 is 12.2 Å². The number of aliphatic imine (C=N–C) groups is 1. The smallest absolute Gasteiger partial charge is 0.431 e. The molecular formula is C16H16N6O6S. The van der Waals surface area contributed by atoms with Gasteiger partial charge in [-0.3, -0.25) is 29.3 Å². The first kappa shape index (κ1) is 20.1. The standard InChI is InChI=1S/C16H16N6O6S/c1-19-14(24)11(21(16(19)29)8-12-15(25)28-18-20(12)2)7-13(23)17-9-3-5-10(6-4-9)22(26)27/h3-6,11H,7-8H2,1-2H3,(H-,17,18,23,25). The fourth-order valence-electron chi connectivity index (χ4n) is 2.85. The Morgan fingerprint density at radius 3 is 2.59 bits per heavy atom. The molecule has 0 radical (unpaired) electrons. The molecule has 1 atom stereocenters. The number of aromatic nitrogens is 2. The number of aryl methyl sites for hydroxylation is 1. The van der Waals surface area contributed by atoms with Crippen LogP contribution in [0.3, 0.4) is 0 Å². The van der Waals surface area contributed by atoms with Gasteiger partial charge in [0.05, 0.1) is 10.6 Å². The average molecular weight is 420 g/mol. The molecule has 1 amide bonds. The van der Waals surface area contributed by atoms with Gasteiger partial charge in [-0.1, -0.05) is 4.68 Å². The van der Waals surface area contributed by atoms with Crippen molar-refractivity contribution in [3.8, 4) is 0 Å². The molecule has 1 aromatic heterocycles. The van der Waals surface area contributed by atoms with E-state index in [1.54, 1.807) is 7.05 Å². The number of benzene rings is 1. The molecule has 1 fully saturated rings. The number of non-ortho nitro benzene ring substituents is 1. The molecule has 2 heterocycles. The van der Waals surface area contributed by atoms with E-state index in [1.807, 2.05) is 0 Å². The second-order valence-corrected chi connectivity index (χ2v) is 6.66. The van der Waals surface area contributed by atoms with Gasteiger partial charge in [0.15, 0.2) is 12.2 Å². The number of hydrogen-bond donors (Lipinski definition) is 1. The lowest BCUT2D eigenvalue weighted by molar-refractivity contribution is -0.746. The summed E-state index contributed by atoms with van der Waals surface area (Å²) < 4.78 is 6.05. The zero-order valence-electron chi connectivity index (χ0n) is 15.4. The number of nitrogens with zero attached hydrogens (tertiary/aromatic N) is 5. The van der Waals surface area contributed by atoms with E-state index >= 15 is 0 Å². The molecule has 152 valence electrons. The first-order chi connectivity index (χ1) is 13.7. The number of hydrogen-bond acceptors (Lipinski definition) is 8. The largest absolute Gasteiger partial charge is 0.862 e. The van der Waals surface area contributed by atoms with Crippen LogP contribution in [-0.4, -0.2) is 50.0 Å². The summed E-state index contributed by atoms with van der Waals surface area (Å²) in [5, 5.41) is 25.6. The highest BCUT2D eigenvalue weighted by Gasteiger charge is 2.42. The van der Waals surface area contributed by atoms with Crippen LogP contribution in [0.2, 0.25) is 0 Å². The second kappa shape index (κ2) is 7.79. The van der Waals surface area contributed by atoms with Gasteiger partial charge in [-0.15, -0.1) is 0 Å². The van der Waals surface area contributed by atoms with E-state index in [-0.39, 0.29) is 35.1 Å². The molecule has 1 aliphatic rings. The van der Waals surface area contributed by atoms with Crippen molar-refractivity contribution >= 4 is 40.5 Å². The van der Waals surface area contributed by atoms with Crippen LogP contribution in [0.25, 0.3) is 0 Å². The second-order valence-electron chi connectivity index (χ2n) is 6.29. The SMILES string of the molecule is CN1C(=O)C(CC([O-])=Nc2ccc([N+](=O)[O-])cc2)N(Cc2c(=O)o[nH][n+]2C)C1=S. The summed E-state index contributed by atoms with van der Waals surface area (Å²) >= 11 is 5.27. The molecular weight excluding hydrogens is 404 g/mol. The van der Waals surface area contributed by atoms with Crippen LogP contribution in [-0.2, 0) is 18.4 Å². The normalized spacial score (nSPS) is 17.3. The number of thiocarbonyl (C=S) groups is 1. The lowest BCUT2D eigenvalue weighted by Gasteiger charge is -2.23. The van der Waals surface area contributed by atoms with E-state index in [2.05, 4.69) is 10.3 Å². The molecule has 13 heteroatoms. The molecule has 1 aliphatic heterocycles. The first-order valence-electron chi connectivity index (χ1n) is 8.32. The summed E-state index contributed by atoms with van der Waals surface area (Å²) in [4.78, 5) is 41.1. The maximum atomic E-state index is 12.5. The Kier molecular flexibility index (Phi) is 5.41. The van der Waals surface area contributed by atoms with E-state index in [0.717, 1.165) is 0 Å². The van der Waals surface area contributed by atoms with E-state index in [0.29, 0.717) is 0 Å². The molecule has 0 saturated carbocycles. The topological polar surface area (TPSA) is 152 Å². The van der Waals surface area contributed by atoms with E-state index in [4.69, 9.17) is 16.7 Å². The lowest BCUT2D eigenvalue weighted by atomic mass is 10.1. The van der Waals surface area contributed by atoms with Crippen LogP contribution in [0.4, 0.5) is 11.4 Å². The van der Waals surface area contributed by atoms with E-state index < -0.39 is 28.4 Å². The van der Waals surface area contributed by atoms with Crippen molar-refractivity contribution in [2.75, 3.05) is 7.05 Å². The summed E-state index contributed by atoms with van der Waals surface area (Å²) in [5.74, 6) is -1.00. The van der Waals surface area contributed by atoms with Crippen molar-refractivity contribution in [3.05, 3.63) is 50.5 Å². The van der Waals surface area contributed by atoms with Gasteiger partial charge in [-0.05, 0) is 35.5 Å². The zero-order chi connectivity index (χ0) is 21.3. The summed E-state index contributed by atoms with van der Waals surface area (Å²) in [6.07, 6.45) is -0.278. The van der Waals surface area contributed by atoms with Crippen LogP contribution in [0.15, 0.2) is 38.6 Å². The zero-order valence-corrected chi connectivity index (χ0v) is 16.2. The molecule has 1 saturated heterocycles. The summed E-state index contributed by atoms with van der Waals surface area (Å²) in [7, 11) is 3.05. The maximum absolute atomic E-state index is 12.5. The number of nitro benzene ring substituents is 1. The molecule has 0 bridgehead atoms. The number of nitro groups is 1. The summed E-state index contributed by atoms with van der Waals surface area (Å²) in [6.45, 7) is -0.0350. The molecule has 0 spiro atoms. The Morgan fingerprint density at radius 1 is 1.38 bits per heavy atom. The third kappa shape index (κ3) is 3.99. The summed E-state index contributed by atoms with van der Waals surface area (Å²) in [5.41, 5.74) is -0.289. The van der Waals surface area contributed by atoms with Gasteiger partial charge < -0.3 is 10.0 Å². The third-order valence-corrected chi connectivity index (χ3v) is 4.95. The minimum Gasteiger partial charge on any atom is -0.862 e. The number of nitrogens with one attached hydrogen (secondary N) is 1. The first-order valence-corrected chi connectivity index (χ1v) is 8.73. The lowest BCUT2D eigenvalue weighted by Crippen LogP contribution is -2.44. The molecule has 2 aromatic rings. The molecule has 1 aromatic carbocycles. The van der Waals surface area contributed by atoms with Gasteiger partial charge in [-0.2, -0.15) is 0 Å². The van der Waals surface area contributed by atoms with Gasteiger partial charge in [-0.25, -0.2) is 4.79 Å². The van der Waals surface area contributed by atoms with Gasteiger partial charge in [0, 0.05) is 25.6 Å². The fraction of sp³-hybridized carbons (Fsp3) is 0.312. The monoisotopic (exact) mass is 420 g/mol. The molecule has 1 unspecified atom stereocenters. The minimum absolute atomic E-state index is 0.0350. The Hall–Kier alpha value is -3.61. The maximum Gasteiger partial charge on any atom is 0.431 e. The quantitative estimate of drug-likeness (QED) is 0.158. The summed E-state index contributed by atoms with van der Waals surface area (Å²) in [6, 6.07) is 4.20.